The van der Waals surface area contributed by atoms with Gasteiger partial charge >= 0.3 is 0 Å². The maximum atomic E-state index is 13.4. The van der Waals surface area contributed by atoms with E-state index in [4.69, 9.17) is 10.5 Å². The number of carbonyl (C=O) groups is 3. The van der Waals surface area contributed by atoms with Gasteiger partial charge in [0.25, 0.3) is 5.91 Å². The van der Waals surface area contributed by atoms with Crippen molar-refractivity contribution >= 4 is 40.8 Å². The van der Waals surface area contributed by atoms with Gasteiger partial charge in [-0.2, -0.15) is 5.10 Å². The Morgan fingerprint density at radius 2 is 1.95 bits per heavy atom. The number of aldehydes is 1. The van der Waals surface area contributed by atoms with Crippen LogP contribution in [0, 0.1) is 6.92 Å². The van der Waals surface area contributed by atoms with Gasteiger partial charge in [0.05, 0.1) is 18.3 Å². The van der Waals surface area contributed by atoms with Crippen molar-refractivity contribution in [2.45, 2.75) is 39.4 Å². The van der Waals surface area contributed by atoms with Gasteiger partial charge in [-0.15, -0.1) is 0 Å². The molecular formula is C26H29N7O4. The normalized spacial score (nSPS) is 11.8. The summed E-state index contributed by atoms with van der Waals surface area (Å²) >= 11 is 0. The van der Waals surface area contributed by atoms with Crippen molar-refractivity contribution in [2.24, 2.45) is 5.73 Å². The molecule has 2 aromatic heterocycles. The molecule has 0 aliphatic heterocycles. The number of aryl methyl sites for hydroxylation is 2. The zero-order valence-electron chi connectivity index (χ0n) is 20.9. The molecule has 2 heterocycles. The minimum Gasteiger partial charge on any atom is -0.494 e. The third-order valence-corrected chi connectivity index (χ3v) is 5.89. The Balaban J connectivity index is 1.90. The first-order valence-corrected chi connectivity index (χ1v) is 11.9. The van der Waals surface area contributed by atoms with E-state index < -0.39 is 18.0 Å². The standard InChI is InChI=1S/C26H29N7O4/c1-4-32-20(13-16(2)31-32)25(36)30-26-29-19-14-17(24(27)35)15-21(37-3)23(19)33(26)22(11-8-12-34)28-18-9-6-5-7-10-18/h5-7,9-10,12-15,22,28H,4,8,11H2,1-3H3,(H2,27,35)(H,29,30,36). The number of primary amides is 1. The highest BCUT2D eigenvalue weighted by Gasteiger charge is 2.26. The lowest BCUT2D eigenvalue weighted by Gasteiger charge is -2.24. The van der Waals surface area contributed by atoms with Gasteiger partial charge in [0, 0.05) is 24.2 Å². The van der Waals surface area contributed by atoms with Crippen LogP contribution in [0.25, 0.3) is 11.0 Å². The fourth-order valence-corrected chi connectivity index (χ4v) is 4.24. The molecular weight excluding hydrogens is 474 g/mol. The Labute approximate surface area is 213 Å². The number of ether oxygens (including phenoxy) is 1. The van der Waals surface area contributed by atoms with Crippen molar-refractivity contribution in [3.63, 3.8) is 0 Å². The molecule has 0 aliphatic rings. The molecule has 4 N–H and O–H groups in total. The molecule has 4 aromatic rings. The summed E-state index contributed by atoms with van der Waals surface area (Å²) in [4.78, 5) is 41.3. The molecule has 11 nitrogen and oxygen atoms in total. The second kappa shape index (κ2) is 10.9. The average molecular weight is 504 g/mol. The molecule has 11 heteroatoms. The number of methoxy groups -OCH3 is 1. The van der Waals surface area contributed by atoms with Crippen molar-refractivity contribution in [3.8, 4) is 5.75 Å². The van der Waals surface area contributed by atoms with Crippen molar-refractivity contribution in [1.82, 2.24) is 19.3 Å². The number of fused-ring (bicyclic) bond motifs is 1. The van der Waals surface area contributed by atoms with Crippen LogP contribution in [0.2, 0.25) is 0 Å². The number of nitrogens with one attached hydrogen (secondary N) is 2. The summed E-state index contributed by atoms with van der Waals surface area (Å²) in [6, 6.07) is 14.3. The largest absolute Gasteiger partial charge is 0.494 e. The predicted molar refractivity (Wildman–Crippen MR) is 140 cm³/mol. The number of hydrogen-bond donors (Lipinski definition) is 3. The van der Waals surface area contributed by atoms with Gasteiger partial charge in [-0.1, -0.05) is 18.2 Å². The van der Waals surface area contributed by atoms with E-state index >= 15 is 0 Å². The Bertz CT molecular complexity index is 1440. The summed E-state index contributed by atoms with van der Waals surface area (Å²) in [5, 5.41) is 10.7. The number of amides is 2. The minimum atomic E-state index is -0.637. The van der Waals surface area contributed by atoms with Crippen molar-refractivity contribution in [1.29, 1.82) is 0 Å². The minimum absolute atomic E-state index is 0.209. The van der Waals surface area contributed by atoms with E-state index in [9.17, 15) is 14.4 Å². The maximum Gasteiger partial charge on any atom is 0.276 e. The summed E-state index contributed by atoms with van der Waals surface area (Å²) in [7, 11) is 1.47. The van der Waals surface area contributed by atoms with Crippen LogP contribution in [-0.2, 0) is 11.3 Å². The highest BCUT2D eigenvalue weighted by Crippen LogP contribution is 2.35. The van der Waals surface area contributed by atoms with Crippen LogP contribution in [-0.4, -0.2) is 44.5 Å². The summed E-state index contributed by atoms with van der Waals surface area (Å²) < 4.78 is 8.99. The van der Waals surface area contributed by atoms with Crippen LogP contribution < -0.4 is 21.1 Å². The number of aromatic nitrogens is 4. The molecule has 2 aromatic carbocycles. The van der Waals surface area contributed by atoms with Crippen LogP contribution in [0.15, 0.2) is 48.5 Å². The van der Waals surface area contributed by atoms with E-state index in [-0.39, 0.29) is 17.9 Å². The third kappa shape index (κ3) is 5.30. The number of nitrogens with zero attached hydrogens (tertiary/aromatic N) is 4. The average Bonchev–Trinajstić information content (AvgIpc) is 3.46. The van der Waals surface area contributed by atoms with Crippen molar-refractivity contribution < 1.29 is 19.1 Å². The lowest BCUT2D eigenvalue weighted by molar-refractivity contribution is -0.108. The van der Waals surface area contributed by atoms with E-state index in [1.165, 1.54) is 13.2 Å². The van der Waals surface area contributed by atoms with Crippen LogP contribution in [0.3, 0.4) is 0 Å². The van der Waals surface area contributed by atoms with Crippen molar-refractivity contribution in [3.05, 3.63) is 65.5 Å². The summed E-state index contributed by atoms with van der Waals surface area (Å²) in [6.45, 7) is 4.22. The summed E-state index contributed by atoms with van der Waals surface area (Å²) in [5.74, 6) is -0.481. The first kappa shape index (κ1) is 25.4. The lowest BCUT2D eigenvalue weighted by Crippen LogP contribution is -2.24. The molecule has 0 aliphatic carbocycles. The third-order valence-electron chi connectivity index (χ3n) is 5.89. The van der Waals surface area contributed by atoms with Crippen LogP contribution in [0.4, 0.5) is 11.6 Å². The van der Waals surface area contributed by atoms with Crippen LogP contribution in [0.5, 0.6) is 5.75 Å². The summed E-state index contributed by atoms with van der Waals surface area (Å²) in [6.07, 6.45) is 0.974. The molecule has 0 spiro atoms. The second-order valence-corrected chi connectivity index (χ2v) is 8.43. The molecule has 192 valence electrons. The zero-order chi connectivity index (χ0) is 26.5. The Morgan fingerprint density at radius 1 is 1.19 bits per heavy atom. The van der Waals surface area contributed by atoms with Gasteiger partial charge in [0.1, 0.15) is 29.4 Å². The van der Waals surface area contributed by atoms with Gasteiger partial charge in [-0.25, -0.2) is 4.98 Å². The van der Waals surface area contributed by atoms with E-state index in [1.54, 1.807) is 21.4 Å². The predicted octanol–water partition coefficient (Wildman–Crippen LogP) is 3.51. The van der Waals surface area contributed by atoms with E-state index in [0.717, 1.165) is 12.0 Å². The number of carbonyl (C=O) groups excluding carboxylic acids is 3. The maximum absolute atomic E-state index is 13.4. The van der Waals surface area contributed by atoms with Gasteiger partial charge in [-0.3, -0.25) is 24.2 Å². The van der Waals surface area contributed by atoms with E-state index in [2.05, 4.69) is 20.7 Å². The molecule has 0 saturated carbocycles. The van der Waals surface area contributed by atoms with Crippen LogP contribution in [0.1, 0.15) is 52.5 Å². The quantitative estimate of drug-likeness (QED) is 0.265. The van der Waals surface area contributed by atoms with Gasteiger partial charge < -0.3 is 20.6 Å². The number of nitrogens with two attached hydrogens (primary N) is 1. The van der Waals surface area contributed by atoms with Crippen molar-refractivity contribution in [2.75, 3.05) is 17.7 Å². The molecule has 4 rings (SSSR count). The summed E-state index contributed by atoms with van der Waals surface area (Å²) in [5.41, 5.74) is 8.57. The Hall–Kier alpha value is -4.67. The number of para-hydroxylation sites is 1. The SMILES string of the molecule is CCn1nc(C)cc1C(=O)Nc1nc2cc(C(N)=O)cc(OC)c2n1C(CCC=O)Nc1ccccc1. The molecule has 0 fully saturated rings. The van der Waals surface area contributed by atoms with E-state index in [1.807, 2.05) is 44.2 Å². The second-order valence-electron chi connectivity index (χ2n) is 8.43. The highest BCUT2D eigenvalue weighted by molar-refractivity contribution is 6.04. The fourth-order valence-electron chi connectivity index (χ4n) is 4.24. The first-order chi connectivity index (χ1) is 17.9. The lowest BCUT2D eigenvalue weighted by atomic mass is 10.1. The number of rotatable bonds is 11. The monoisotopic (exact) mass is 503 g/mol. The highest BCUT2D eigenvalue weighted by atomic mass is 16.5. The number of hydrogen-bond acceptors (Lipinski definition) is 7. The molecule has 0 bridgehead atoms. The molecule has 1 unspecified atom stereocenters. The van der Waals surface area contributed by atoms with E-state index in [0.29, 0.717) is 41.1 Å². The van der Waals surface area contributed by atoms with Gasteiger partial charge in [0.15, 0.2) is 0 Å². The first-order valence-electron chi connectivity index (χ1n) is 11.9. The van der Waals surface area contributed by atoms with Crippen LogP contribution >= 0.6 is 0 Å². The number of imidazole rings is 1. The zero-order valence-corrected chi connectivity index (χ0v) is 20.9. The smallest absolute Gasteiger partial charge is 0.276 e. The molecule has 0 saturated heterocycles. The Kier molecular flexibility index (Phi) is 7.52. The topological polar surface area (TPSA) is 146 Å². The molecule has 37 heavy (non-hydrogen) atoms. The molecule has 0 radical (unpaired) electrons. The van der Waals surface area contributed by atoms with Gasteiger partial charge in [0.2, 0.25) is 11.9 Å². The number of anilines is 2. The number of benzene rings is 2. The Morgan fingerprint density at radius 3 is 2.59 bits per heavy atom. The molecule has 1 atom stereocenters. The van der Waals surface area contributed by atoms with Gasteiger partial charge in [-0.05, 0) is 50.6 Å². The molecule has 2 amide bonds. The fraction of sp³-hybridized carbons (Fsp3) is 0.269.